The molecule has 0 saturated carbocycles. The topological polar surface area (TPSA) is 65.5 Å². The van der Waals surface area contributed by atoms with Gasteiger partial charge in [0.25, 0.3) is 0 Å². The maximum absolute atomic E-state index is 12.5. The summed E-state index contributed by atoms with van der Waals surface area (Å²) in [6.45, 7) is 0. The highest BCUT2D eigenvalue weighted by molar-refractivity contribution is 7.88. The highest BCUT2D eigenvalue weighted by atomic mass is 35.5. The van der Waals surface area contributed by atoms with Gasteiger partial charge < -0.3 is 8.92 Å². The summed E-state index contributed by atoms with van der Waals surface area (Å²) in [5.41, 5.74) is -3.66. The summed E-state index contributed by atoms with van der Waals surface area (Å²) >= 11 is 6.34. The Morgan fingerprint density at radius 1 is 1.21 bits per heavy atom. The first kappa shape index (κ1) is 17.1. The second-order valence-electron chi connectivity index (χ2n) is 5.21. The number of rotatable bonds is 3. The molecule has 1 heterocycles. The van der Waals surface area contributed by atoms with Crippen molar-refractivity contribution in [1.29, 1.82) is 0 Å². The minimum atomic E-state index is -5.81. The molecule has 0 radical (unpaired) electrons. The van der Waals surface area contributed by atoms with Crippen LogP contribution >= 0.6 is 11.6 Å². The largest absolute Gasteiger partial charge is 0.534 e. The number of aromatic nitrogens is 1. The number of benzene rings is 1. The molecule has 0 unspecified atom stereocenters. The average Bonchev–Trinajstić information content (AvgIpc) is 2.94. The molecule has 1 aromatic carbocycles. The molecule has 0 aliphatic heterocycles. The number of alkyl halides is 3. The normalized spacial score (nSPS) is 14.7. The Morgan fingerprint density at radius 2 is 1.92 bits per heavy atom. The third kappa shape index (κ3) is 2.75. The summed E-state index contributed by atoms with van der Waals surface area (Å²) in [4.78, 5) is 4.35. The molecule has 3 rings (SSSR count). The summed E-state index contributed by atoms with van der Waals surface area (Å²) < 4.78 is 69.2. The zero-order chi connectivity index (χ0) is 17.7. The molecule has 1 aromatic heterocycles. The van der Waals surface area contributed by atoms with Crippen LogP contribution in [-0.4, -0.2) is 26.0 Å². The Hall–Kier alpha value is -1.74. The van der Waals surface area contributed by atoms with Gasteiger partial charge in [-0.15, -0.1) is 0 Å². The predicted octanol–water partition coefficient (Wildman–Crippen LogP) is 3.61. The molecular weight excluding hydrogens is 371 g/mol. The summed E-state index contributed by atoms with van der Waals surface area (Å²) in [6, 6.07) is 2.41. The van der Waals surface area contributed by atoms with E-state index >= 15 is 0 Å². The van der Waals surface area contributed by atoms with Crippen molar-refractivity contribution >= 4 is 32.6 Å². The minimum Gasteiger partial charge on any atom is -0.493 e. The molecule has 2 aromatic rings. The molecular formula is C14H11ClF3NO4S. The van der Waals surface area contributed by atoms with Crippen LogP contribution in [0.3, 0.4) is 0 Å². The van der Waals surface area contributed by atoms with Gasteiger partial charge in [0.05, 0.1) is 17.6 Å². The van der Waals surface area contributed by atoms with E-state index in [1.165, 1.54) is 13.2 Å². The maximum Gasteiger partial charge on any atom is 0.534 e. The first-order valence-electron chi connectivity index (χ1n) is 6.84. The number of hydrogen-bond acceptors (Lipinski definition) is 5. The van der Waals surface area contributed by atoms with Gasteiger partial charge in [-0.3, -0.25) is 4.98 Å². The van der Waals surface area contributed by atoms with E-state index in [-0.39, 0.29) is 11.3 Å². The van der Waals surface area contributed by atoms with Crippen molar-refractivity contribution < 1.29 is 30.5 Å². The lowest BCUT2D eigenvalue weighted by atomic mass is 10.1. The first-order chi connectivity index (χ1) is 11.1. The molecule has 0 fully saturated rings. The quantitative estimate of drug-likeness (QED) is 0.600. The lowest BCUT2D eigenvalue weighted by Gasteiger charge is -2.14. The summed E-state index contributed by atoms with van der Waals surface area (Å²) in [5, 5.41) is 0.905. The molecule has 0 atom stereocenters. The Labute approximate surface area is 140 Å². The summed E-state index contributed by atoms with van der Waals surface area (Å²) in [5.74, 6) is -0.777. The van der Waals surface area contributed by atoms with E-state index in [1.54, 1.807) is 0 Å². The zero-order valence-corrected chi connectivity index (χ0v) is 13.8. The number of pyridine rings is 1. The molecule has 0 amide bonds. The molecule has 1 aliphatic rings. The van der Waals surface area contributed by atoms with E-state index in [0.717, 1.165) is 30.2 Å². The average molecular weight is 382 g/mol. The zero-order valence-electron chi connectivity index (χ0n) is 12.3. The third-order valence-electron chi connectivity index (χ3n) is 3.71. The molecule has 24 heavy (non-hydrogen) atoms. The van der Waals surface area contributed by atoms with Crippen LogP contribution in [0, 0.1) is 0 Å². The van der Waals surface area contributed by atoms with Crippen LogP contribution in [-0.2, 0) is 23.0 Å². The predicted molar refractivity (Wildman–Crippen MR) is 80.9 cm³/mol. The second kappa shape index (κ2) is 5.66. The summed E-state index contributed by atoms with van der Waals surface area (Å²) in [6.07, 6.45) is 2.34. The number of ether oxygens (including phenoxy) is 1. The number of methoxy groups -OCH3 is 1. The molecule has 0 spiro atoms. The van der Waals surface area contributed by atoms with Gasteiger partial charge in [0.15, 0.2) is 11.5 Å². The van der Waals surface area contributed by atoms with Gasteiger partial charge in [0.1, 0.15) is 0 Å². The van der Waals surface area contributed by atoms with Crippen molar-refractivity contribution in [3.63, 3.8) is 0 Å². The lowest BCUT2D eigenvalue weighted by Crippen LogP contribution is -2.28. The van der Waals surface area contributed by atoms with Gasteiger partial charge in [-0.1, -0.05) is 11.6 Å². The Kier molecular flexibility index (Phi) is 4.03. The van der Waals surface area contributed by atoms with Gasteiger partial charge in [-0.05, 0) is 30.9 Å². The lowest BCUT2D eigenvalue weighted by molar-refractivity contribution is -0.0500. The molecule has 0 bridgehead atoms. The van der Waals surface area contributed by atoms with E-state index in [2.05, 4.69) is 9.17 Å². The first-order valence-corrected chi connectivity index (χ1v) is 8.62. The number of halogens is 4. The van der Waals surface area contributed by atoms with Gasteiger partial charge in [-0.25, -0.2) is 0 Å². The van der Waals surface area contributed by atoms with Crippen molar-refractivity contribution in [1.82, 2.24) is 4.98 Å². The highest BCUT2D eigenvalue weighted by Gasteiger charge is 2.49. The van der Waals surface area contributed by atoms with E-state index in [9.17, 15) is 21.6 Å². The van der Waals surface area contributed by atoms with E-state index in [4.69, 9.17) is 16.3 Å². The fourth-order valence-corrected chi connectivity index (χ4v) is 3.42. The number of nitrogens with zero attached hydrogens (tertiary/aromatic N) is 1. The molecule has 0 saturated heterocycles. The summed E-state index contributed by atoms with van der Waals surface area (Å²) in [7, 11) is -4.63. The van der Waals surface area contributed by atoms with Crippen LogP contribution in [0.15, 0.2) is 12.1 Å². The van der Waals surface area contributed by atoms with Gasteiger partial charge in [-0.2, -0.15) is 21.6 Å². The Morgan fingerprint density at radius 3 is 2.54 bits per heavy atom. The smallest absolute Gasteiger partial charge is 0.493 e. The third-order valence-corrected chi connectivity index (χ3v) is 5.11. The van der Waals surface area contributed by atoms with Crippen LogP contribution in [0.5, 0.6) is 11.5 Å². The highest BCUT2D eigenvalue weighted by Crippen LogP contribution is 2.40. The van der Waals surface area contributed by atoms with Crippen molar-refractivity contribution in [2.24, 2.45) is 0 Å². The molecule has 0 N–H and O–H groups in total. The minimum absolute atomic E-state index is 0.183. The number of hydrogen-bond donors (Lipinski definition) is 0. The van der Waals surface area contributed by atoms with Crippen molar-refractivity contribution in [2.45, 2.75) is 24.8 Å². The van der Waals surface area contributed by atoms with Crippen LogP contribution < -0.4 is 8.92 Å². The Bertz CT molecular complexity index is 928. The van der Waals surface area contributed by atoms with Gasteiger partial charge in [0.2, 0.25) is 0 Å². The number of fused-ring (bicyclic) bond motifs is 2. The maximum atomic E-state index is 12.5. The molecule has 1 aliphatic carbocycles. The van der Waals surface area contributed by atoms with Gasteiger partial charge >= 0.3 is 15.6 Å². The Balaban J connectivity index is 2.18. The second-order valence-corrected chi connectivity index (χ2v) is 7.12. The molecule has 130 valence electrons. The fourth-order valence-electron chi connectivity index (χ4n) is 2.60. The molecule has 10 heteroatoms. The molecule has 5 nitrogen and oxygen atoms in total. The fraction of sp³-hybridized carbons (Fsp3) is 0.357. The van der Waals surface area contributed by atoms with Crippen molar-refractivity contribution in [3.05, 3.63) is 28.4 Å². The van der Waals surface area contributed by atoms with Crippen molar-refractivity contribution in [3.8, 4) is 11.5 Å². The van der Waals surface area contributed by atoms with E-state index < -0.39 is 21.4 Å². The van der Waals surface area contributed by atoms with E-state index in [0.29, 0.717) is 16.8 Å². The standard InChI is InChI=1S/C14H11ClF3NO4S/c1-22-11-5-8-10(19-9-4-2-3-7(9)13(8)15)6-12(11)23-24(20,21)14(16,17)18/h5-6H,2-4H2,1H3. The van der Waals surface area contributed by atoms with Crippen LogP contribution in [0.4, 0.5) is 13.2 Å². The van der Waals surface area contributed by atoms with Crippen molar-refractivity contribution in [2.75, 3.05) is 7.11 Å². The van der Waals surface area contributed by atoms with E-state index in [1.807, 2.05) is 0 Å². The van der Waals surface area contributed by atoms with Gasteiger partial charge in [0, 0.05) is 17.1 Å². The van der Waals surface area contributed by atoms with Crippen LogP contribution in [0.2, 0.25) is 5.02 Å². The monoisotopic (exact) mass is 381 g/mol. The number of aryl methyl sites for hydroxylation is 1. The SMILES string of the molecule is COc1cc2c(Cl)c3c(nc2cc1OS(=O)(=O)C(F)(F)F)CCC3. The van der Waals surface area contributed by atoms with Crippen LogP contribution in [0.25, 0.3) is 10.9 Å². The van der Waals surface area contributed by atoms with Crippen LogP contribution in [0.1, 0.15) is 17.7 Å².